The fourth-order valence-electron chi connectivity index (χ4n) is 3.20. The summed E-state index contributed by atoms with van der Waals surface area (Å²) in [5.41, 5.74) is 0. The van der Waals surface area contributed by atoms with E-state index in [1.807, 2.05) is 11.3 Å². The van der Waals surface area contributed by atoms with Crippen LogP contribution in [0.1, 0.15) is 50.8 Å². The molecule has 0 aliphatic heterocycles. The lowest BCUT2D eigenvalue weighted by Gasteiger charge is -2.35. The van der Waals surface area contributed by atoms with Crippen molar-refractivity contribution in [2.24, 2.45) is 11.8 Å². The molecule has 0 saturated heterocycles. The molecular weight excluding hydrogens is 238 g/mol. The van der Waals surface area contributed by atoms with Gasteiger partial charge in [0.1, 0.15) is 0 Å². The van der Waals surface area contributed by atoms with Gasteiger partial charge in [0.25, 0.3) is 0 Å². The Bertz CT molecular complexity index is 318. The summed E-state index contributed by atoms with van der Waals surface area (Å²) in [6, 6.07) is 5.24. The topological polar surface area (TPSA) is 12.0 Å². The molecule has 18 heavy (non-hydrogen) atoms. The molecule has 2 rings (SSSR count). The van der Waals surface area contributed by atoms with Gasteiger partial charge in [-0.25, -0.2) is 0 Å². The second-order valence-corrected chi connectivity index (χ2v) is 6.89. The van der Waals surface area contributed by atoms with Crippen molar-refractivity contribution in [3.8, 4) is 0 Å². The standard InChI is InChI=1S/C16H27NS/c1-3-10-17-16-9-6-13(2)12-14(16)7-8-15-5-4-11-18-15/h4-5,11,13-14,16-17H,3,6-10,12H2,1-2H3. The molecule has 2 heteroatoms. The summed E-state index contributed by atoms with van der Waals surface area (Å²) in [5, 5.41) is 5.98. The van der Waals surface area contributed by atoms with Gasteiger partial charge in [-0.05, 0) is 68.4 Å². The van der Waals surface area contributed by atoms with Crippen LogP contribution >= 0.6 is 11.3 Å². The molecule has 1 aromatic rings. The number of rotatable bonds is 6. The molecule has 1 fully saturated rings. The second kappa shape index (κ2) is 7.30. The van der Waals surface area contributed by atoms with Gasteiger partial charge in [-0.2, -0.15) is 0 Å². The van der Waals surface area contributed by atoms with Crippen LogP contribution in [0.3, 0.4) is 0 Å². The second-order valence-electron chi connectivity index (χ2n) is 5.86. The molecule has 0 amide bonds. The number of hydrogen-bond acceptors (Lipinski definition) is 2. The van der Waals surface area contributed by atoms with E-state index >= 15 is 0 Å². The first-order valence-electron chi connectivity index (χ1n) is 7.55. The normalized spacial score (nSPS) is 28.4. The highest BCUT2D eigenvalue weighted by Gasteiger charge is 2.27. The number of thiophene rings is 1. The van der Waals surface area contributed by atoms with Crippen LogP contribution in [0.5, 0.6) is 0 Å². The number of hydrogen-bond donors (Lipinski definition) is 1. The Hall–Kier alpha value is -0.340. The molecule has 3 unspecified atom stereocenters. The first-order chi connectivity index (χ1) is 8.79. The maximum absolute atomic E-state index is 3.78. The zero-order valence-corrected chi connectivity index (χ0v) is 12.6. The van der Waals surface area contributed by atoms with Crippen molar-refractivity contribution in [1.82, 2.24) is 5.32 Å². The van der Waals surface area contributed by atoms with Gasteiger partial charge in [-0.3, -0.25) is 0 Å². The van der Waals surface area contributed by atoms with E-state index in [1.165, 1.54) is 45.1 Å². The van der Waals surface area contributed by atoms with E-state index < -0.39 is 0 Å². The van der Waals surface area contributed by atoms with E-state index in [0.29, 0.717) is 0 Å². The van der Waals surface area contributed by atoms with E-state index in [9.17, 15) is 0 Å². The van der Waals surface area contributed by atoms with Gasteiger partial charge in [-0.1, -0.05) is 19.9 Å². The van der Waals surface area contributed by atoms with E-state index in [1.54, 1.807) is 4.88 Å². The fraction of sp³-hybridized carbons (Fsp3) is 0.750. The lowest BCUT2D eigenvalue weighted by Crippen LogP contribution is -2.40. The minimum atomic E-state index is 0.779. The highest BCUT2D eigenvalue weighted by Crippen LogP contribution is 2.32. The van der Waals surface area contributed by atoms with Crippen molar-refractivity contribution in [1.29, 1.82) is 0 Å². The first-order valence-corrected chi connectivity index (χ1v) is 8.43. The highest BCUT2D eigenvalue weighted by molar-refractivity contribution is 7.09. The molecule has 1 nitrogen and oxygen atoms in total. The highest BCUT2D eigenvalue weighted by atomic mass is 32.1. The van der Waals surface area contributed by atoms with Crippen molar-refractivity contribution in [3.63, 3.8) is 0 Å². The van der Waals surface area contributed by atoms with E-state index in [2.05, 4.69) is 36.7 Å². The molecule has 0 aromatic carbocycles. The predicted octanol–water partition coefficient (Wildman–Crippen LogP) is 4.49. The van der Waals surface area contributed by atoms with Crippen LogP contribution in [-0.2, 0) is 6.42 Å². The van der Waals surface area contributed by atoms with Gasteiger partial charge in [0.15, 0.2) is 0 Å². The van der Waals surface area contributed by atoms with Crippen molar-refractivity contribution >= 4 is 11.3 Å². The van der Waals surface area contributed by atoms with Crippen LogP contribution in [0, 0.1) is 11.8 Å². The predicted molar refractivity (Wildman–Crippen MR) is 81.2 cm³/mol. The third kappa shape index (κ3) is 4.10. The molecule has 1 saturated carbocycles. The maximum atomic E-state index is 3.78. The summed E-state index contributed by atoms with van der Waals surface area (Å²) in [4.78, 5) is 1.56. The number of nitrogens with one attached hydrogen (secondary N) is 1. The minimum Gasteiger partial charge on any atom is -0.314 e. The van der Waals surface area contributed by atoms with Crippen molar-refractivity contribution in [2.45, 2.75) is 58.4 Å². The van der Waals surface area contributed by atoms with Gasteiger partial charge in [-0.15, -0.1) is 11.3 Å². The Morgan fingerprint density at radius 3 is 3.00 bits per heavy atom. The van der Waals surface area contributed by atoms with Gasteiger partial charge in [0, 0.05) is 10.9 Å². The lowest BCUT2D eigenvalue weighted by atomic mass is 9.76. The lowest BCUT2D eigenvalue weighted by molar-refractivity contribution is 0.203. The summed E-state index contributed by atoms with van der Waals surface area (Å²) in [6.45, 7) is 5.88. The quantitative estimate of drug-likeness (QED) is 0.799. The number of aryl methyl sites for hydroxylation is 1. The monoisotopic (exact) mass is 265 g/mol. The van der Waals surface area contributed by atoms with E-state index in [-0.39, 0.29) is 0 Å². The minimum absolute atomic E-state index is 0.779. The summed E-state index contributed by atoms with van der Waals surface area (Å²) in [6.07, 6.45) is 8.12. The molecule has 1 aliphatic carbocycles. The van der Waals surface area contributed by atoms with E-state index in [4.69, 9.17) is 0 Å². The SMILES string of the molecule is CCCNC1CCC(C)CC1CCc1cccs1. The first kappa shape index (κ1) is 14.1. The largest absolute Gasteiger partial charge is 0.314 e. The van der Waals surface area contributed by atoms with Crippen LogP contribution in [0.4, 0.5) is 0 Å². The summed E-state index contributed by atoms with van der Waals surface area (Å²) in [7, 11) is 0. The average Bonchev–Trinajstić information content (AvgIpc) is 2.88. The van der Waals surface area contributed by atoms with Gasteiger partial charge in [0.2, 0.25) is 0 Å². The maximum Gasteiger partial charge on any atom is 0.00956 e. The molecule has 102 valence electrons. The molecule has 1 N–H and O–H groups in total. The van der Waals surface area contributed by atoms with Crippen LogP contribution in [0.15, 0.2) is 17.5 Å². The molecular formula is C16H27NS. The molecule has 0 radical (unpaired) electrons. The molecule has 1 heterocycles. The van der Waals surface area contributed by atoms with Crippen molar-refractivity contribution in [2.75, 3.05) is 6.54 Å². The van der Waals surface area contributed by atoms with E-state index in [0.717, 1.165) is 17.9 Å². The van der Waals surface area contributed by atoms with Gasteiger partial charge < -0.3 is 5.32 Å². The van der Waals surface area contributed by atoms with Crippen LogP contribution in [-0.4, -0.2) is 12.6 Å². The van der Waals surface area contributed by atoms with Crippen LogP contribution in [0.25, 0.3) is 0 Å². The van der Waals surface area contributed by atoms with Gasteiger partial charge >= 0.3 is 0 Å². The van der Waals surface area contributed by atoms with Crippen molar-refractivity contribution < 1.29 is 0 Å². The molecule has 3 atom stereocenters. The molecule has 0 bridgehead atoms. The average molecular weight is 265 g/mol. The third-order valence-corrected chi connectivity index (χ3v) is 5.18. The Kier molecular flexibility index (Phi) is 5.71. The molecule has 1 aromatic heterocycles. The zero-order valence-electron chi connectivity index (χ0n) is 11.8. The molecule has 1 aliphatic rings. The Morgan fingerprint density at radius 1 is 1.39 bits per heavy atom. The molecule has 0 spiro atoms. The zero-order chi connectivity index (χ0) is 12.8. The summed E-state index contributed by atoms with van der Waals surface area (Å²) < 4.78 is 0. The Balaban J connectivity index is 1.84. The summed E-state index contributed by atoms with van der Waals surface area (Å²) in [5.74, 6) is 1.82. The summed E-state index contributed by atoms with van der Waals surface area (Å²) >= 11 is 1.91. The smallest absolute Gasteiger partial charge is 0.00956 e. The van der Waals surface area contributed by atoms with Crippen LogP contribution in [0.2, 0.25) is 0 Å². The van der Waals surface area contributed by atoms with Crippen molar-refractivity contribution in [3.05, 3.63) is 22.4 Å². The fourth-order valence-corrected chi connectivity index (χ4v) is 3.92. The third-order valence-electron chi connectivity index (χ3n) is 4.24. The van der Waals surface area contributed by atoms with Gasteiger partial charge in [0.05, 0.1) is 0 Å². The Morgan fingerprint density at radius 2 is 2.28 bits per heavy atom. The Labute approximate surface area is 116 Å². The van der Waals surface area contributed by atoms with Crippen LogP contribution < -0.4 is 5.32 Å².